The van der Waals surface area contributed by atoms with Crippen LogP contribution in [-0.2, 0) is 0 Å². The molecule has 0 radical (unpaired) electrons. The van der Waals surface area contributed by atoms with Crippen LogP contribution in [0.5, 0.6) is 0 Å². The molecule has 0 atom stereocenters. The Kier molecular flexibility index (Phi) is 4.40. The van der Waals surface area contributed by atoms with Crippen LogP contribution in [0.25, 0.3) is 10.8 Å². The van der Waals surface area contributed by atoms with E-state index < -0.39 is 0 Å². The average Bonchev–Trinajstić information content (AvgIpc) is 2.67. The van der Waals surface area contributed by atoms with Gasteiger partial charge in [0.1, 0.15) is 0 Å². The number of aromatic nitrogens is 1. The van der Waals surface area contributed by atoms with Crippen molar-refractivity contribution in [3.63, 3.8) is 0 Å². The third-order valence-electron chi connectivity index (χ3n) is 4.03. The Hall–Kier alpha value is -2.78. The van der Waals surface area contributed by atoms with Gasteiger partial charge in [-0.05, 0) is 12.1 Å². The first-order valence-corrected chi connectivity index (χ1v) is 8.83. The fourth-order valence-corrected chi connectivity index (χ4v) is 3.18. The van der Waals surface area contributed by atoms with Crippen LogP contribution in [0.1, 0.15) is 11.1 Å². The Bertz CT molecular complexity index is 1000. The van der Waals surface area contributed by atoms with E-state index in [1.807, 2.05) is 54.9 Å². The molecule has 2 nitrogen and oxygen atoms in total. The zero-order valence-electron chi connectivity index (χ0n) is 13.4. The first kappa shape index (κ1) is 15.7. The zero-order valence-corrected chi connectivity index (χ0v) is 15.0. The summed E-state index contributed by atoms with van der Waals surface area (Å²) in [7, 11) is 0. The molecule has 120 valence electrons. The SMILES string of the molecule is Brc1ccc2cncc(N=C(c3ccccc3)c3ccccc3)c2c1. The average molecular weight is 387 g/mol. The van der Waals surface area contributed by atoms with Gasteiger partial charge in [-0.1, -0.05) is 82.7 Å². The van der Waals surface area contributed by atoms with Gasteiger partial charge in [-0.25, -0.2) is 4.99 Å². The van der Waals surface area contributed by atoms with Gasteiger partial charge < -0.3 is 0 Å². The maximum Gasteiger partial charge on any atom is 0.0899 e. The minimum atomic E-state index is 0.863. The molecule has 0 bridgehead atoms. The Balaban J connectivity index is 1.96. The van der Waals surface area contributed by atoms with Crippen LogP contribution in [0.15, 0.2) is 101 Å². The molecule has 3 aromatic carbocycles. The molecule has 0 aliphatic carbocycles. The third-order valence-corrected chi connectivity index (χ3v) is 4.52. The second kappa shape index (κ2) is 6.99. The lowest BCUT2D eigenvalue weighted by Gasteiger charge is -2.09. The molecule has 0 aliphatic rings. The van der Waals surface area contributed by atoms with E-state index in [1.165, 1.54) is 0 Å². The minimum Gasteiger partial charge on any atom is -0.262 e. The van der Waals surface area contributed by atoms with Crippen molar-refractivity contribution >= 4 is 38.1 Å². The van der Waals surface area contributed by atoms with Crippen LogP contribution < -0.4 is 0 Å². The summed E-state index contributed by atoms with van der Waals surface area (Å²) in [5.74, 6) is 0. The molecule has 0 aliphatic heterocycles. The summed E-state index contributed by atoms with van der Waals surface area (Å²) in [6.45, 7) is 0. The van der Waals surface area contributed by atoms with Crippen molar-refractivity contribution in [2.75, 3.05) is 0 Å². The summed E-state index contributed by atoms with van der Waals surface area (Å²) in [6, 6.07) is 26.7. The van der Waals surface area contributed by atoms with E-state index in [0.29, 0.717) is 0 Å². The minimum absolute atomic E-state index is 0.863. The first-order valence-electron chi connectivity index (χ1n) is 8.04. The van der Waals surface area contributed by atoms with Gasteiger partial charge in [-0.15, -0.1) is 0 Å². The summed E-state index contributed by atoms with van der Waals surface area (Å²) >= 11 is 3.55. The van der Waals surface area contributed by atoms with Crippen molar-refractivity contribution in [1.82, 2.24) is 4.98 Å². The lowest BCUT2D eigenvalue weighted by Crippen LogP contribution is -2.02. The zero-order chi connectivity index (χ0) is 17.1. The van der Waals surface area contributed by atoms with Gasteiger partial charge in [0.15, 0.2) is 0 Å². The number of nitrogens with zero attached hydrogens (tertiary/aromatic N) is 2. The van der Waals surface area contributed by atoms with Gasteiger partial charge in [0.2, 0.25) is 0 Å². The van der Waals surface area contributed by atoms with Crippen LogP contribution in [0, 0.1) is 0 Å². The molecule has 1 aromatic heterocycles. The van der Waals surface area contributed by atoms with Crippen molar-refractivity contribution in [2.45, 2.75) is 0 Å². The van der Waals surface area contributed by atoms with Crippen molar-refractivity contribution in [1.29, 1.82) is 0 Å². The third kappa shape index (κ3) is 3.37. The molecule has 0 saturated carbocycles. The van der Waals surface area contributed by atoms with Crippen molar-refractivity contribution in [2.24, 2.45) is 4.99 Å². The molecule has 0 N–H and O–H groups in total. The molecular formula is C22H15BrN2. The van der Waals surface area contributed by atoms with Crippen LogP contribution >= 0.6 is 15.9 Å². The number of hydrogen-bond donors (Lipinski definition) is 0. The quantitative estimate of drug-likeness (QED) is 0.386. The van der Waals surface area contributed by atoms with E-state index in [0.717, 1.165) is 37.8 Å². The van der Waals surface area contributed by atoms with E-state index in [1.54, 1.807) is 0 Å². The van der Waals surface area contributed by atoms with Gasteiger partial charge in [0.25, 0.3) is 0 Å². The Labute approximate surface area is 155 Å². The second-order valence-corrected chi connectivity index (χ2v) is 6.63. The number of benzene rings is 3. The lowest BCUT2D eigenvalue weighted by molar-refractivity contribution is 1.33. The highest BCUT2D eigenvalue weighted by Gasteiger charge is 2.09. The number of halogens is 1. The van der Waals surface area contributed by atoms with Crippen LogP contribution in [-0.4, -0.2) is 10.7 Å². The predicted molar refractivity (Wildman–Crippen MR) is 108 cm³/mol. The summed E-state index contributed by atoms with van der Waals surface area (Å²) in [5, 5.41) is 2.15. The summed E-state index contributed by atoms with van der Waals surface area (Å²) in [6.07, 6.45) is 3.69. The van der Waals surface area contributed by atoms with Gasteiger partial charge in [0, 0.05) is 32.6 Å². The summed E-state index contributed by atoms with van der Waals surface area (Å²) in [4.78, 5) is 9.36. The molecule has 0 spiro atoms. The van der Waals surface area contributed by atoms with Crippen LogP contribution in [0.2, 0.25) is 0 Å². The van der Waals surface area contributed by atoms with E-state index in [4.69, 9.17) is 4.99 Å². The van der Waals surface area contributed by atoms with Crippen molar-refractivity contribution in [3.8, 4) is 0 Å². The fourth-order valence-electron chi connectivity index (χ4n) is 2.82. The van der Waals surface area contributed by atoms with E-state index in [-0.39, 0.29) is 0 Å². The number of aliphatic imine (C=N–C) groups is 1. The largest absolute Gasteiger partial charge is 0.262 e. The molecule has 4 aromatic rings. The van der Waals surface area contributed by atoms with Gasteiger partial charge >= 0.3 is 0 Å². The standard InChI is InChI=1S/C22H15BrN2/c23-19-12-11-18-14-24-15-21(20(18)13-19)25-22(16-7-3-1-4-8-16)17-9-5-2-6-10-17/h1-15H. The van der Waals surface area contributed by atoms with E-state index in [9.17, 15) is 0 Å². The highest BCUT2D eigenvalue weighted by Crippen LogP contribution is 2.29. The van der Waals surface area contributed by atoms with Crippen LogP contribution in [0.3, 0.4) is 0 Å². The molecule has 0 amide bonds. The normalized spacial score (nSPS) is 10.6. The molecule has 1 heterocycles. The Morgan fingerprint density at radius 3 is 2.04 bits per heavy atom. The first-order chi connectivity index (χ1) is 12.3. The molecule has 0 fully saturated rings. The number of rotatable bonds is 3. The molecule has 3 heteroatoms. The number of hydrogen-bond acceptors (Lipinski definition) is 2. The molecular weight excluding hydrogens is 372 g/mol. The van der Waals surface area contributed by atoms with Crippen molar-refractivity contribution in [3.05, 3.63) is 107 Å². The van der Waals surface area contributed by atoms with Gasteiger partial charge in [-0.3, -0.25) is 4.98 Å². The Morgan fingerprint density at radius 1 is 0.760 bits per heavy atom. The van der Waals surface area contributed by atoms with E-state index >= 15 is 0 Å². The maximum atomic E-state index is 5.00. The molecule has 4 rings (SSSR count). The van der Waals surface area contributed by atoms with Crippen molar-refractivity contribution < 1.29 is 0 Å². The molecule has 0 unspecified atom stereocenters. The lowest BCUT2D eigenvalue weighted by atomic mass is 10.0. The second-order valence-electron chi connectivity index (χ2n) is 5.72. The predicted octanol–water partition coefficient (Wildman–Crippen LogP) is 6.17. The topological polar surface area (TPSA) is 25.2 Å². The van der Waals surface area contributed by atoms with Gasteiger partial charge in [0.05, 0.1) is 17.6 Å². The molecule has 25 heavy (non-hydrogen) atoms. The summed E-state index contributed by atoms with van der Waals surface area (Å²) < 4.78 is 1.03. The van der Waals surface area contributed by atoms with Gasteiger partial charge in [-0.2, -0.15) is 0 Å². The number of pyridine rings is 1. The highest BCUT2D eigenvalue weighted by molar-refractivity contribution is 9.10. The Morgan fingerprint density at radius 2 is 1.40 bits per heavy atom. The van der Waals surface area contributed by atoms with E-state index in [2.05, 4.69) is 57.3 Å². The smallest absolute Gasteiger partial charge is 0.0899 e. The fraction of sp³-hybridized carbons (Fsp3) is 0. The maximum absolute atomic E-state index is 5.00. The highest BCUT2D eigenvalue weighted by atomic mass is 79.9. The molecule has 0 saturated heterocycles. The number of fused-ring (bicyclic) bond motifs is 1. The monoisotopic (exact) mass is 386 g/mol. The van der Waals surface area contributed by atoms with Crippen LogP contribution in [0.4, 0.5) is 5.69 Å². The summed E-state index contributed by atoms with van der Waals surface area (Å²) in [5.41, 5.74) is 3.97.